The van der Waals surface area contributed by atoms with E-state index in [4.69, 9.17) is 5.73 Å². The molecule has 0 aromatic heterocycles. The number of nitrogen functional groups attached to an aromatic ring is 1. The van der Waals surface area contributed by atoms with Crippen molar-refractivity contribution in [3.05, 3.63) is 59.7 Å². The van der Waals surface area contributed by atoms with E-state index in [1.807, 2.05) is 29.2 Å². The number of amides is 2. The van der Waals surface area contributed by atoms with Crippen molar-refractivity contribution in [2.75, 3.05) is 11.1 Å². The lowest BCUT2D eigenvalue weighted by Gasteiger charge is -2.20. The van der Waals surface area contributed by atoms with Gasteiger partial charge in [-0.25, -0.2) is 0 Å². The number of anilines is 2. The Bertz CT molecular complexity index is 758. The Morgan fingerprint density at radius 1 is 1.16 bits per heavy atom. The fourth-order valence-electron chi connectivity index (χ4n) is 2.66. The van der Waals surface area contributed by atoms with Crippen LogP contribution in [0.4, 0.5) is 11.4 Å². The highest BCUT2D eigenvalue weighted by molar-refractivity contribution is 6.04. The summed E-state index contributed by atoms with van der Waals surface area (Å²) in [6.07, 6.45) is 2.18. The molecule has 0 aliphatic heterocycles. The average Bonchev–Trinajstić information content (AvgIpc) is 3.38. The van der Waals surface area contributed by atoms with Crippen LogP contribution in [-0.2, 0) is 11.3 Å². The van der Waals surface area contributed by atoms with E-state index in [-0.39, 0.29) is 24.2 Å². The number of benzene rings is 2. The van der Waals surface area contributed by atoms with Crippen molar-refractivity contribution in [3.8, 4) is 0 Å². The van der Waals surface area contributed by atoms with Crippen molar-refractivity contribution in [2.45, 2.75) is 32.4 Å². The maximum atomic E-state index is 12.2. The van der Waals surface area contributed by atoms with Crippen LogP contribution in [0.1, 0.15) is 35.7 Å². The van der Waals surface area contributed by atoms with Crippen molar-refractivity contribution >= 4 is 35.6 Å². The summed E-state index contributed by atoms with van der Waals surface area (Å²) in [4.78, 5) is 25.8. The van der Waals surface area contributed by atoms with Gasteiger partial charge in [-0.1, -0.05) is 18.2 Å². The zero-order valence-electron chi connectivity index (χ0n) is 14.1. The van der Waals surface area contributed by atoms with E-state index in [1.165, 1.54) is 0 Å². The fraction of sp³-hybridized carbons (Fsp3) is 0.263. The molecule has 6 heteroatoms. The van der Waals surface area contributed by atoms with E-state index < -0.39 is 0 Å². The van der Waals surface area contributed by atoms with E-state index in [1.54, 1.807) is 31.2 Å². The molecule has 132 valence electrons. The largest absolute Gasteiger partial charge is 0.399 e. The first-order chi connectivity index (χ1) is 11.5. The van der Waals surface area contributed by atoms with Gasteiger partial charge in [-0.15, -0.1) is 12.4 Å². The minimum Gasteiger partial charge on any atom is -0.399 e. The van der Waals surface area contributed by atoms with Crippen LogP contribution in [0.5, 0.6) is 0 Å². The Morgan fingerprint density at radius 2 is 1.84 bits per heavy atom. The van der Waals surface area contributed by atoms with Crippen LogP contribution in [0.3, 0.4) is 0 Å². The first-order valence-electron chi connectivity index (χ1n) is 8.06. The molecule has 25 heavy (non-hydrogen) atoms. The zero-order chi connectivity index (χ0) is 17.1. The predicted octanol–water partition coefficient (Wildman–Crippen LogP) is 3.45. The lowest BCUT2D eigenvalue weighted by molar-refractivity contribution is -0.130. The summed E-state index contributed by atoms with van der Waals surface area (Å²) in [6.45, 7) is 2.22. The molecule has 5 nitrogen and oxygen atoms in total. The SMILES string of the molecule is CC(=O)N(Cc1ccc(NC(=O)c2cccc(N)c2)cc1)C1CC1.Cl. The van der Waals surface area contributed by atoms with Crippen LogP contribution in [0.2, 0.25) is 0 Å². The quantitative estimate of drug-likeness (QED) is 0.803. The van der Waals surface area contributed by atoms with Crippen LogP contribution >= 0.6 is 12.4 Å². The predicted molar refractivity (Wildman–Crippen MR) is 102 cm³/mol. The van der Waals surface area contributed by atoms with Gasteiger partial charge < -0.3 is 16.0 Å². The molecule has 0 spiro atoms. The minimum atomic E-state index is -0.196. The molecule has 0 heterocycles. The number of carbonyl (C=O) groups excluding carboxylic acids is 2. The highest BCUT2D eigenvalue weighted by Crippen LogP contribution is 2.28. The Hall–Kier alpha value is -2.53. The normalized spacial score (nSPS) is 12.8. The monoisotopic (exact) mass is 359 g/mol. The van der Waals surface area contributed by atoms with Crippen molar-refractivity contribution in [3.63, 3.8) is 0 Å². The van der Waals surface area contributed by atoms with E-state index in [9.17, 15) is 9.59 Å². The second kappa shape index (κ2) is 8.03. The van der Waals surface area contributed by atoms with Crippen molar-refractivity contribution in [1.29, 1.82) is 0 Å². The van der Waals surface area contributed by atoms with Gasteiger partial charge in [0.25, 0.3) is 5.91 Å². The standard InChI is InChI=1S/C19H21N3O2.ClH/c1-13(23)22(18-9-10-18)12-14-5-7-17(8-6-14)21-19(24)15-3-2-4-16(20)11-15;/h2-8,11,18H,9-10,12,20H2,1H3,(H,21,24);1H. The molecule has 0 unspecified atom stereocenters. The molecule has 3 N–H and O–H groups in total. The van der Waals surface area contributed by atoms with E-state index >= 15 is 0 Å². The van der Waals surface area contributed by atoms with Crippen molar-refractivity contribution in [1.82, 2.24) is 4.90 Å². The number of hydrogen-bond acceptors (Lipinski definition) is 3. The van der Waals surface area contributed by atoms with Crippen LogP contribution in [-0.4, -0.2) is 22.8 Å². The third-order valence-corrected chi connectivity index (χ3v) is 4.11. The number of halogens is 1. The number of nitrogens with one attached hydrogen (secondary N) is 1. The first-order valence-corrected chi connectivity index (χ1v) is 8.06. The van der Waals surface area contributed by atoms with Gasteiger partial charge in [0.05, 0.1) is 0 Å². The Balaban J connectivity index is 0.00000225. The molecule has 1 aliphatic carbocycles. The molecular formula is C19H22ClN3O2. The van der Waals surface area contributed by atoms with Crippen LogP contribution in [0.15, 0.2) is 48.5 Å². The van der Waals surface area contributed by atoms with Crippen LogP contribution in [0.25, 0.3) is 0 Å². The van der Waals surface area contributed by atoms with Crippen molar-refractivity contribution < 1.29 is 9.59 Å². The van der Waals surface area contributed by atoms with Gasteiger partial charge in [0.1, 0.15) is 0 Å². The molecular weight excluding hydrogens is 338 g/mol. The highest BCUT2D eigenvalue weighted by atomic mass is 35.5. The van der Waals surface area contributed by atoms with Gasteiger partial charge in [0.15, 0.2) is 0 Å². The smallest absolute Gasteiger partial charge is 0.255 e. The molecule has 2 aromatic carbocycles. The maximum absolute atomic E-state index is 12.2. The third-order valence-electron chi connectivity index (χ3n) is 4.11. The fourth-order valence-corrected chi connectivity index (χ4v) is 2.66. The van der Waals surface area contributed by atoms with Gasteiger partial charge in [-0.05, 0) is 48.7 Å². The maximum Gasteiger partial charge on any atom is 0.255 e. The second-order valence-corrected chi connectivity index (χ2v) is 6.15. The molecule has 1 saturated carbocycles. The molecule has 1 fully saturated rings. The molecule has 1 aliphatic rings. The average molecular weight is 360 g/mol. The van der Waals surface area contributed by atoms with Gasteiger partial charge >= 0.3 is 0 Å². The summed E-state index contributed by atoms with van der Waals surface area (Å²) in [5.41, 5.74) is 8.55. The van der Waals surface area contributed by atoms with Gasteiger partial charge in [-0.3, -0.25) is 9.59 Å². The van der Waals surface area contributed by atoms with Gasteiger partial charge in [0.2, 0.25) is 5.91 Å². The summed E-state index contributed by atoms with van der Waals surface area (Å²) >= 11 is 0. The molecule has 2 amide bonds. The highest BCUT2D eigenvalue weighted by Gasteiger charge is 2.30. The molecule has 0 atom stereocenters. The molecule has 2 aromatic rings. The van der Waals surface area contributed by atoms with Crippen LogP contribution in [0, 0.1) is 0 Å². The number of hydrogen-bond donors (Lipinski definition) is 2. The molecule has 0 saturated heterocycles. The molecule has 3 rings (SSSR count). The summed E-state index contributed by atoms with van der Waals surface area (Å²) in [5.74, 6) is -0.0880. The third kappa shape index (κ3) is 4.97. The molecule has 0 radical (unpaired) electrons. The van der Waals surface area contributed by atoms with E-state index in [2.05, 4.69) is 5.32 Å². The number of nitrogens with zero attached hydrogens (tertiary/aromatic N) is 1. The van der Waals surface area contributed by atoms with Gasteiger partial charge in [0, 0.05) is 36.4 Å². The Labute approximate surface area is 153 Å². The lowest BCUT2D eigenvalue weighted by Crippen LogP contribution is -2.30. The first kappa shape index (κ1) is 18.8. The second-order valence-electron chi connectivity index (χ2n) is 6.15. The topological polar surface area (TPSA) is 75.4 Å². The zero-order valence-corrected chi connectivity index (χ0v) is 14.9. The van der Waals surface area contributed by atoms with Crippen LogP contribution < -0.4 is 11.1 Å². The minimum absolute atomic E-state index is 0. The Kier molecular flexibility index (Phi) is 6.04. The van der Waals surface area contributed by atoms with E-state index in [0.717, 1.165) is 18.4 Å². The number of nitrogens with two attached hydrogens (primary N) is 1. The van der Waals surface area contributed by atoms with Crippen molar-refractivity contribution in [2.24, 2.45) is 0 Å². The summed E-state index contributed by atoms with van der Waals surface area (Å²) in [7, 11) is 0. The summed E-state index contributed by atoms with van der Waals surface area (Å²) in [6, 6.07) is 14.8. The number of carbonyl (C=O) groups is 2. The summed E-state index contributed by atoms with van der Waals surface area (Å²) < 4.78 is 0. The number of rotatable bonds is 5. The lowest BCUT2D eigenvalue weighted by atomic mass is 10.1. The Morgan fingerprint density at radius 3 is 2.40 bits per heavy atom. The van der Waals surface area contributed by atoms with E-state index in [0.29, 0.717) is 29.5 Å². The summed E-state index contributed by atoms with van der Waals surface area (Å²) in [5, 5.41) is 2.85. The van der Waals surface area contributed by atoms with Gasteiger partial charge in [-0.2, -0.15) is 0 Å². The molecule has 0 bridgehead atoms.